The minimum atomic E-state index is -0.175. The Morgan fingerprint density at radius 2 is 1.91 bits per heavy atom. The predicted octanol–water partition coefficient (Wildman–Crippen LogP) is 6.04. The highest BCUT2D eigenvalue weighted by Gasteiger charge is 2.11. The van der Waals surface area contributed by atoms with E-state index in [9.17, 15) is 9.18 Å². The van der Waals surface area contributed by atoms with Crippen molar-refractivity contribution in [3.8, 4) is 0 Å². The predicted molar refractivity (Wildman–Crippen MR) is 93.6 cm³/mol. The van der Waals surface area contributed by atoms with E-state index >= 15 is 0 Å². The molecule has 0 aromatic heterocycles. The first-order valence-electron chi connectivity index (χ1n) is 8.46. The molecule has 0 aliphatic carbocycles. The van der Waals surface area contributed by atoms with Crippen LogP contribution in [0, 0.1) is 18.7 Å². The molecule has 1 aromatic rings. The normalized spacial score (nSPS) is 12.4. The van der Waals surface area contributed by atoms with E-state index in [1.165, 1.54) is 6.07 Å². The lowest BCUT2D eigenvalue weighted by atomic mass is 9.89. The molecule has 0 fully saturated rings. The van der Waals surface area contributed by atoms with Gasteiger partial charge in [-0.3, -0.25) is 4.79 Å². The highest BCUT2D eigenvalue weighted by Crippen LogP contribution is 2.22. The van der Waals surface area contributed by atoms with E-state index in [1.807, 2.05) is 32.9 Å². The van der Waals surface area contributed by atoms with Gasteiger partial charge in [0, 0.05) is 6.42 Å². The van der Waals surface area contributed by atoms with Crippen molar-refractivity contribution in [3.63, 3.8) is 0 Å². The van der Waals surface area contributed by atoms with E-state index in [4.69, 9.17) is 0 Å². The largest absolute Gasteiger partial charge is 0.295 e. The summed E-state index contributed by atoms with van der Waals surface area (Å²) in [6.45, 7) is 12.0. The maximum Gasteiger partial charge on any atom is 0.155 e. The van der Waals surface area contributed by atoms with Crippen molar-refractivity contribution in [2.45, 2.75) is 67.2 Å². The van der Waals surface area contributed by atoms with Gasteiger partial charge in [0.05, 0.1) is 0 Å². The summed E-state index contributed by atoms with van der Waals surface area (Å²) < 4.78 is 13.3. The highest BCUT2D eigenvalue weighted by molar-refractivity contribution is 5.90. The average molecular weight is 306 g/mol. The summed E-state index contributed by atoms with van der Waals surface area (Å²) >= 11 is 0. The second-order valence-electron chi connectivity index (χ2n) is 5.49. The topological polar surface area (TPSA) is 17.1 Å². The molecule has 0 saturated carbocycles. The second kappa shape index (κ2) is 11.2. The lowest BCUT2D eigenvalue weighted by Gasteiger charge is -2.16. The zero-order valence-electron chi connectivity index (χ0n) is 15.0. The van der Waals surface area contributed by atoms with Gasteiger partial charge in [-0.25, -0.2) is 4.39 Å². The molecule has 22 heavy (non-hydrogen) atoms. The van der Waals surface area contributed by atoms with Gasteiger partial charge in [0.1, 0.15) is 5.82 Å². The summed E-state index contributed by atoms with van der Waals surface area (Å²) in [4.78, 5) is 11.7. The molecule has 0 N–H and O–H groups in total. The second-order valence-corrected chi connectivity index (χ2v) is 5.49. The van der Waals surface area contributed by atoms with Crippen LogP contribution < -0.4 is 0 Å². The van der Waals surface area contributed by atoms with Gasteiger partial charge in [-0.2, -0.15) is 0 Å². The van der Waals surface area contributed by atoms with Gasteiger partial charge in [-0.1, -0.05) is 58.7 Å². The maximum atomic E-state index is 13.3. The first-order valence-corrected chi connectivity index (χ1v) is 8.46. The summed E-state index contributed by atoms with van der Waals surface area (Å²) in [5.41, 5.74) is 2.89. The molecule has 1 aromatic carbocycles. The first kappa shape index (κ1) is 20.6. The van der Waals surface area contributed by atoms with E-state index < -0.39 is 0 Å². The van der Waals surface area contributed by atoms with Gasteiger partial charge in [-0.15, -0.1) is 0 Å². The van der Waals surface area contributed by atoms with Gasteiger partial charge < -0.3 is 0 Å². The standard InChI is InChI=1S/C18H25FO.C2H6/c1-5-7-13(3)16(12-17(20)6-2)11-15-8-9-18(19)14(4)10-15;1-2/h8-10,12-13H,5-7,11H2,1-4H3;1-2H3/b16-12-;. The smallest absolute Gasteiger partial charge is 0.155 e. The maximum absolute atomic E-state index is 13.3. The zero-order valence-corrected chi connectivity index (χ0v) is 15.0. The Labute approximate surface area is 135 Å². The molecule has 0 aliphatic rings. The molecule has 0 amide bonds. The lowest BCUT2D eigenvalue weighted by Crippen LogP contribution is -2.06. The fourth-order valence-corrected chi connectivity index (χ4v) is 2.35. The number of carbonyl (C=O) groups is 1. The highest BCUT2D eigenvalue weighted by atomic mass is 19.1. The van der Waals surface area contributed by atoms with Crippen LogP contribution in [-0.4, -0.2) is 5.78 Å². The number of benzene rings is 1. The molecule has 0 saturated heterocycles. The molecule has 124 valence electrons. The van der Waals surface area contributed by atoms with Crippen LogP contribution in [0.25, 0.3) is 0 Å². The minimum absolute atomic E-state index is 0.168. The molecule has 0 heterocycles. The number of carbonyl (C=O) groups excluding carboxylic acids is 1. The molecule has 1 rings (SSSR count). The molecule has 2 heteroatoms. The first-order chi connectivity index (χ1) is 10.5. The summed E-state index contributed by atoms with van der Waals surface area (Å²) in [5.74, 6) is 0.383. The van der Waals surface area contributed by atoms with Crippen LogP contribution in [0.5, 0.6) is 0 Å². The summed E-state index contributed by atoms with van der Waals surface area (Å²) in [7, 11) is 0. The number of allylic oxidation sites excluding steroid dienone is 2. The van der Waals surface area contributed by atoms with Gasteiger partial charge in [0.25, 0.3) is 0 Å². The van der Waals surface area contributed by atoms with Gasteiger partial charge in [-0.05, 0) is 49.0 Å². The summed E-state index contributed by atoms with van der Waals surface area (Å²) in [6, 6.07) is 5.19. The molecule has 0 aliphatic heterocycles. The van der Waals surface area contributed by atoms with Crippen molar-refractivity contribution in [1.29, 1.82) is 0 Å². The van der Waals surface area contributed by atoms with Gasteiger partial charge >= 0.3 is 0 Å². The van der Waals surface area contributed by atoms with Crippen molar-refractivity contribution >= 4 is 5.78 Å². The SMILES string of the molecule is CC.CCCC(C)/C(=C\C(=O)CC)Cc1ccc(F)c(C)c1. The van der Waals surface area contributed by atoms with Crippen molar-refractivity contribution < 1.29 is 9.18 Å². The third kappa shape index (κ3) is 7.02. The summed E-state index contributed by atoms with van der Waals surface area (Å²) in [5, 5.41) is 0. The third-order valence-electron chi connectivity index (χ3n) is 3.68. The molecule has 0 bridgehead atoms. The number of halogens is 1. The Kier molecular flexibility index (Phi) is 10.4. The van der Waals surface area contributed by atoms with E-state index in [-0.39, 0.29) is 11.6 Å². The van der Waals surface area contributed by atoms with Crippen LogP contribution in [0.3, 0.4) is 0 Å². The van der Waals surface area contributed by atoms with E-state index in [2.05, 4.69) is 13.8 Å². The van der Waals surface area contributed by atoms with Crippen LogP contribution in [0.15, 0.2) is 29.8 Å². The van der Waals surface area contributed by atoms with Crippen molar-refractivity contribution in [3.05, 3.63) is 46.8 Å². The fraction of sp³-hybridized carbons (Fsp3) is 0.550. The van der Waals surface area contributed by atoms with E-state index in [1.54, 1.807) is 13.0 Å². The number of hydrogen-bond donors (Lipinski definition) is 0. The number of hydrogen-bond acceptors (Lipinski definition) is 1. The third-order valence-corrected chi connectivity index (χ3v) is 3.68. The molecular weight excluding hydrogens is 275 g/mol. The quantitative estimate of drug-likeness (QED) is 0.561. The molecule has 0 spiro atoms. The minimum Gasteiger partial charge on any atom is -0.295 e. The Hall–Kier alpha value is -1.44. The molecule has 1 atom stereocenters. The monoisotopic (exact) mass is 306 g/mol. The van der Waals surface area contributed by atoms with E-state index in [0.717, 1.165) is 30.4 Å². The molecule has 1 nitrogen and oxygen atoms in total. The van der Waals surface area contributed by atoms with Crippen LogP contribution in [0.1, 0.15) is 65.0 Å². The van der Waals surface area contributed by atoms with Crippen molar-refractivity contribution in [2.24, 2.45) is 5.92 Å². The Balaban J connectivity index is 0.00000211. The number of aryl methyl sites for hydroxylation is 1. The van der Waals surface area contributed by atoms with Crippen molar-refractivity contribution in [2.75, 3.05) is 0 Å². The van der Waals surface area contributed by atoms with Gasteiger partial charge in [0.15, 0.2) is 5.78 Å². The lowest BCUT2D eigenvalue weighted by molar-refractivity contribution is -0.114. The fourth-order valence-electron chi connectivity index (χ4n) is 2.35. The molecule has 1 unspecified atom stereocenters. The number of rotatable bonds is 7. The Morgan fingerprint density at radius 3 is 2.41 bits per heavy atom. The zero-order chi connectivity index (χ0) is 17.1. The molecule has 0 radical (unpaired) electrons. The molecular formula is C20H31FO. The Bertz CT molecular complexity index is 488. The average Bonchev–Trinajstić information content (AvgIpc) is 2.52. The summed E-state index contributed by atoms with van der Waals surface area (Å²) in [6.07, 6.45) is 5.22. The van der Waals surface area contributed by atoms with Crippen LogP contribution in [0.4, 0.5) is 4.39 Å². The van der Waals surface area contributed by atoms with E-state index in [0.29, 0.717) is 17.9 Å². The van der Waals surface area contributed by atoms with Crippen molar-refractivity contribution in [1.82, 2.24) is 0 Å². The number of ketones is 1. The van der Waals surface area contributed by atoms with Crippen LogP contribution in [0.2, 0.25) is 0 Å². The van der Waals surface area contributed by atoms with Gasteiger partial charge in [0.2, 0.25) is 0 Å². The Morgan fingerprint density at radius 1 is 1.27 bits per heavy atom. The van der Waals surface area contributed by atoms with Crippen LogP contribution in [-0.2, 0) is 11.2 Å². The van der Waals surface area contributed by atoms with Crippen LogP contribution >= 0.6 is 0 Å².